The van der Waals surface area contributed by atoms with E-state index >= 15 is 0 Å². The van der Waals surface area contributed by atoms with Crippen molar-refractivity contribution in [3.8, 4) is 0 Å². The number of alkyl halides is 5. The summed E-state index contributed by atoms with van der Waals surface area (Å²) in [4.78, 5) is 0. The normalized spacial score (nSPS) is 12.4. The van der Waals surface area contributed by atoms with Crippen molar-refractivity contribution < 1.29 is 26.7 Å². The average molecular weight is 358 g/mol. The summed E-state index contributed by atoms with van der Waals surface area (Å²) in [5.74, 6) is 0. The van der Waals surface area contributed by atoms with E-state index in [1.165, 1.54) is 24.3 Å². The Morgan fingerprint density at radius 1 is 0.720 bits per heavy atom. The highest BCUT2D eigenvalue weighted by atomic mass is 19.4. The first-order valence-electron chi connectivity index (χ1n) is 7.99. The SMILES string of the molecule is CCCc1ccc(C(F)(F)OCCc2ccc(C(F)(F)F)cc2)cc1. The van der Waals surface area contributed by atoms with Gasteiger partial charge in [-0.15, -0.1) is 0 Å². The maximum absolute atomic E-state index is 14.0. The first-order valence-corrected chi connectivity index (χ1v) is 7.99. The van der Waals surface area contributed by atoms with Gasteiger partial charge in [-0.25, -0.2) is 0 Å². The van der Waals surface area contributed by atoms with Crippen LogP contribution in [0, 0.1) is 0 Å². The standard InChI is InChI=1S/C19H19F5O/c1-2-3-14-6-10-17(11-7-14)19(23,24)25-13-12-15-4-8-16(9-5-15)18(20,21)22/h4-11H,2-3,12-13H2,1H3. The second kappa shape index (κ2) is 7.95. The second-order valence-corrected chi connectivity index (χ2v) is 5.76. The van der Waals surface area contributed by atoms with Gasteiger partial charge in [0.1, 0.15) is 0 Å². The highest BCUT2D eigenvalue weighted by molar-refractivity contribution is 5.26. The third-order valence-electron chi connectivity index (χ3n) is 3.78. The van der Waals surface area contributed by atoms with Crippen LogP contribution in [0.2, 0.25) is 0 Å². The number of hydrogen-bond donors (Lipinski definition) is 0. The summed E-state index contributed by atoms with van der Waals surface area (Å²) in [7, 11) is 0. The molecule has 0 bridgehead atoms. The molecule has 0 spiro atoms. The third kappa shape index (κ3) is 5.53. The van der Waals surface area contributed by atoms with Gasteiger partial charge in [0.2, 0.25) is 0 Å². The Bertz CT molecular complexity index is 660. The molecule has 25 heavy (non-hydrogen) atoms. The molecular formula is C19H19F5O. The molecule has 0 saturated carbocycles. The molecule has 0 aliphatic heterocycles. The van der Waals surface area contributed by atoms with Gasteiger partial charge in [0, 0.05) is 0 Å². The monoisotopic (exact) mass is 358 g/mol. The van der Waals surface area contributed by atoms with Gasteiger partial charge in [0.05, 0.1) is 17.7 Å². The van der Waals surface area contributed by atoms with Gasteiger partial charge in [-0.2, -0.15) is 22.0 Å². The topological polar surface area (TPSA) is 9.23 Å². The molecule has 0 N–H and O–H groups in total. The van der Waals surface area contributed by atoms with Crippen molar-refractivity contribution in [3.63, 3.8) is 0 Å². The molecule has 1 nitrogen and oxygen atoms in total. The zero-order valence-corrected chi connectivity index (χ0v) is 13.7. The minimum absolute atomic E-state index is 0.0989. The first-order chi connectivity index (χ1) is 11.7. The van der Waals surface area contributed by atoms with Gasteiger partial charge in [0.15, 0.2) is 0 Å². The molecule has 0 amide bonds. The summed E-state index contributed by atoms with van der Waals surface area (Å²) >= 11 is 0. The maximum atomic E-state index is 14.0. The van der Waals surface area contributed by atoms with Crippen molar-refractivity contribution in [2.24, 2.45) is 0 Å². The highest BCUT2D eigenvalue weighted by Crippen LogP contribution is 2.31. The number of hydrogen-bond acceptors (Lipinski definition) is 1. The molecule has 0 aromatic heterocycles. The molecule has 2 aromatic carbocycles. The van der Waals surface area contributed by atoms with Gasteiger partial charge in [-0.05, 0) is 36.1 Å². The predicted octanol–water partition coefficient (Wildman–Crippen LogP) is 5.97. The Balaban J connectivity index is 1.91. The fourth-order valence-corrected chi connectivity index (χ4v) is 2.39. The van der Waals surface area contributed by atoms with Crippen LogP contribution in [0.15, 0.2) is 48.5 Å². The van der Waals surface area contributed by atoms with Gasteiger partial charge < -0.3 is 4.74 Å². The molecule has 0 aliphatic carbocycles. The Hall–Kier alpha value is -1.95. The van der Waals surface area contributed by atoms with Crippen molar-refractivity contribution in [2.45, 2.75) is 38.5 Å². The number of rotatable bonds is 7. The smallest absolute Gasteiger partial charge is 0.316 e. The first kappa shape index (κ1) is 19.4. The van der Waals surface area contributed by atoms with Crippen LogP contribution in [0.25, 0.3) is 0 Å². The van der Waals surface area contributed by atoms with Crippen molar-refractivity contribution in [1.29, 1.82) is 0 Å². The molecule has 2 rings (SSSR count). The quantitative estimate of drug-likeness (QED) is 0.554. The van der Waals surface area contributed by atoms with Gasteiger partial charge in [-0.3, -0.25) is 0 Å². The van der Waals surface area contributed by atoms with Crippen LogP contribution in [-0.4, -0.2) is 6.61 Å². The second-order valence-electron chi connectivity index (χ2n) is 5.76. The van der Waals surface area contributed by atoms with E-state index in [1.807, 2.05) is 6.92 Å². The van der Waals surface area contributed by atoms with Crippen LogP contribution in [0.5, 0.6) is 0 Å². The average Bonchev–Trinajstić information content (AvgIpc) is 2.55. The lowest BCUT2D eigenvalue weighted by molar-refractivity contribution is -0.248. The maximum Gasteiger partial charge on any atom is 0.416 e. The lowest BCUT2D eigenvalue weighted by Crippen LogP contribution is -2.19. The largest absolute Gasteiger partial charge is 0.416 e. The fraction of sp³-hybridized carbons (Fsp3) is 0.368. The van der Waals surface area contributed by atoms with Crippen LogP contribution < -0.4 is 0 Å². The Kier molecular flexibility index (Phi) is 6.16. The van der Waals surface area contributed by atoms with Gasteiger partial charge >= 0.3 is 12.3 Å². The summed E-state index contributed by atoms with van der Waals surface area (Å²) < 4.78 is 70.1. The minimum atomic E-state index is -4.41. The van der Waals surface area contributed by atoms with Crippen molar-refractivity contribution in [2.75, 3.05) is 6.61 Å². The predicted molar refractivity (Wildman–Crippen MR) is 85.4 cm³/mol. The van der Waals surface area contributed by atoms with Crippen LogP contribution in [0.1, 0.15) is 35.6 Å². The van der Waals surface area contributed by atoms with Crippen LogP contribution in [-0.2, 0) is 29.9 Å². The summed E-state index contributed by atoms with van der Waals surface area (Å²) in [6, 6.07) is 10.4. The van der Waals surface area contributed by atoms with E-state index in [0.29, 0.717) is 5.56 Å². The molecule has 136 valence electrons. The number of benzene rings is 2. The Morgan fingerprint density at radius 3 is 1.68 bits per heavy atom. The van der Waals surface area contributed by atoms with E-state index < -0.39 is 17.8 Å². The van der Waals surface area contributed by atoms with E-state index in [-0.39, 0.29) is 18.6 Å². The molecule has 0 unspecified atom stereocenters. The summed E-state index contributed by atoms with van der Waals surface area (Å²) in [6.07, 6.45) is -6.00. The molecule has 0 saturated heterocycles. The molecule has 0 heterocycles. The molecule has 6 heteroatoms. The summed E-state index contributed by atoms with van der Waals surface area (Å²) in [5, 5.41) is 0. The number of halogens is 5. The van der Waals surface area contributed by atoms with Crippen LogP contribution >= 0.6 is 0 Å². The van der Waals surface area contributed by atoms with Crippen molar-refractivity contribution in [3.05, 3.63) is 70.8 Å². The van der Waals surface area contributed by atoms with E-state index in [2.05, 4.69) is 4.74 Å². The molecule has 2 aromatic rings. The molecule has 0 radical (unpaired) electrons. The molecule has 0 fully saturated rings. The summed E-state index contributed by atoms with van der Waals surface area (Å²) in [5.41, 5.74) is 0.475. The minimum Gasteiger partial charge on any atom is -0.316 e. The lowest BCUT2D eigenvalue weighted by atomic mass is 10.1. The fourth-order valence-electron chi connectivity index (χ4n) is 2.39. The molecular weight excluding hydrogens is 339 g/mol. The van der Waals surface area contributed by atoms with E-state index in [1.54, 1.807) is 12.1 Å². The molecule has 0 atom stereocenters. The van der Waals surface area contributed by atoms with Crippen LogP contribution in [0.4, 0.5) is 22.0 Å². The van der Waals surface area contributed by atoms with Crippen LogP contribution in [0.3, 0.4) is 0 Å². The zero-order chi connectivity index (χ0) is 18.5. The van der Waals surface area contributed by atoms with Gasteiger partial charge in [0.25, 0.3) is 0 Å². The Morgan fingerprint density at radius 2 is 1.20 bits per heavy atom. The van der Waals surface area contributed by atoms with E-state index in [0.717, 1.165) is 30.5 Å². The molecule has 0 aliphatic rings. The van der Waals surface area contributed by atoms with Gasteiger partial charge in [-0.1, -0.05) is 49.7 Å². The van der Waals surface area contributed by atoms with Crippen molar-refractivity contribution in [1.82, 2.24) is 0 Å². The van der Waals surface area contributed by atoms with Crippen molar-refractivity contribution >= 4 is 0 Å². The number of aryl methyl sites for hydroxylation is 1. The lowest BCUT2D eigenvalue weighted by Gasteiger charge is -2.17. The number of ether oxygens (including phenoxy) is 1. The Labute approximate surface area is 143 Å². The summed E-state index contributed by atoms with van der Waals surface area (Å²) in [6.45, 7) is 1.71. The zero-order valence-electron chi connectivity index (χ0n) is 13.7. The third-order valence-corrected chi connectivity index (χ3v) is 3.78. The highest BCUT2D eigenvalue weighted by Gasteiger charge is 2.33. The van der Waals surface area contributed by atoms with E-state index in [4.69, 9.17) is 0 Å². The van der Waals surface area contributed by atoms with E-state index in [9.17, 15) is 22.0 Å².